The Kier molecular flexibility index (Phi) is 8.04. The molecular weight excluding hydrogens is 531 g/mol. The average molecular weight is 573 g/mol. The van der Waals surface area contributed by atoms with Crippen LogP contribution in [0.2, 0.25) is 0 Å². The van der Waals surface area contributed by atoms with Crippen LogP contribution in [0.5, 0.6) is 0 Å². The summed E-state index contributed by atoms with van der Waals surface area (Å²) in [5.41, 5.74) is 4.50. The van der Waals surface area contributed by atoms with Crippen molar-refractivity contribution in [2.45, 2.75) is 63.6 Å². The zero-order chi connectivity index (χ0) is 29.4. The van der Waals surface area contributed by atoms with Crippen LogP contribution < -0.4 is 14.7 Å². The van der Waals surface area contributed by atoms with Gasteiger partial charge in [0, 0.05) is 69.0 Å². The number of halogens is 1. The monoisotopic (exact) mass is 572 g/mol. The lowest BCUT2D eigenvalue weighted by atomic mass is 9.88. The molecule has 1 aromatic heterocycles. The Morgan fingerprint density at radius 3 is 2.79 bits per heavy atom. The second kappa shape index (κ2) is 11.9. The van der Waals surface area contributed by atoms with Crippen molar-refractivity contribution in [3.05, 3.63) is 53.5 Å². The van der Waals surface area contributed by atoms with Crippen molar-refractivity contribution in [1.29, 1.82) is 5.26 Å². The molecule has 1 aliphatic carbocycles. The van der Waals surface area contributed by atoms with Crippen LogP contribution in [0.25, 0.3) is 0 Å². The average Bonchev–Trinajstić information content (AvgIpc) is 2.99. The van der Waals surface area contributed by atoms with E-state index in [4.69, 9.17) is 9.97 Å². The molecule has 10 heteroatoms. The van der Waals surface area contributed by atoms with Crippen molar-refractivity contribution in [2.24, 2.45) is 0 Å². The maximum absolute atomic E-state index is 14.3. The topological polar surface area (TPSA) is 82.8 Å². The number of benzene rings is 1. The van der Waals surface area contributed by atoms with E-state index in [2.05, 4.69) is 46.2 Å². The van der Waals surface area contributed by atoms with Crippen molar-refractivity contribution >= 4 is 23.4 Å². The van der Waals surface area contributed by atoms with Crippen molar-refractivity contribution in [3.63, 3.8) is 0 Å². The Morgan fingerprint density at radius 2 is 2.02 bits per heavy atom. The molecule has 2 fully saturated rings. The summed E-state index contributed by atoms with van der Waals surface area (Å²) in [4.78, 5) is 34.0. The van der Waals surface area contributed by atoms with E-state index in [9.17, 15) is 14.4 Å². The second-order valence-electron chi connectivity index (χ2n) is 12.1. The molecule has 2 unspecified atom stereocenters. The maximum atomic E-state index is 14.3. The number of nitriles is 1. The Bertz CT molecular complexity index is 1390. The fraction of sp³-hybridized carbons (Fsp3) is 0.562. The molecule has 6 rings (SSSR count). The van der Waals surface area contributed by atoms with Crippen molar-refractivity contribution in [1.82, 2.24) is 19.8 Å². The fourth-order valence-electron chi connectivity index (χ4n) is 7.08. The molecule has 42 heavy (non-hydrogen) atoms. The molecule has 0 saturated carbocycles. The number of aromatic nitrogens is 2. The molecule has 2 aromatic rings. The third-order valence-electron chi connectivity index (χ3n) is 9.69. The van der Waals surface area contributed by atoms with E-state index in [1.54, 1.807) is 17.0 Å². The van der Waals surface area contributed by atoms with Crippen LogP contribution in [0.3, 0.4) is 0 Å². The van der Waals surface area contributed by atoms with E-state index in [0.29, 0.717) is 25.7 Å². The van der Waals surface area contributed by atoms with Gasteiger partial charge in [0.1, 0.15) is 11.6 Å². The summed E-state index contributed by atoms with van der Waals surface area (Å²) in [5.74, 6) is 1.39. The molecule has 222 valence electrons. The quantitative estimate of drug-likeness (QED) is 0.468. The molecule has 4 heterocycles. The molecule has 1 aromatic carbocycles. The lowest BCUT2D eigenvalue weighted by Gasteiger charge is -2.46. The standard InChI is InChI=1S/C32H41FN8O/c1-4-30(42)41-16-15-38(19-25(41)12-13-34)31-27-11-10-24(40-14-6-7-22-8-9-23(33)17-29(22)40)18-28(27)35-32(36-31)39-20-26(21-39)37(3)5-2/h4,8-9,17,24-26H,1,5-7,10-12,14-16,18-21H2,2-3H3. The summed E-state index contributed by atoms with van der Waals surface area (Å²) in [5, 5.41) is 9.53. The number of anilines is 3. The number of carbonyl (C=O) groups is 1. The molecule has 0 radical (unpaired) electrons. The van der Waals surface area contributed by atoms with Gasteiger partial charge < -0.3 is 24.5 Å². The van der Waals surface area contributed by atoms with Gasteiger partial charge in [0.25, 0.3) is 0 Å². The minimum absolute atomic E-state index is 0.131. The summed E-state index contributed by atoms with van der Waals surface area (Å²) < 4.78 is 14.3. The Hall–Kier alpha value is -3.71. The largest absolute Gasteiger partial charge is 0.368 e. The SMILES string of the molecule is C=CC(=O)N1CCN(c2nc(N3CC(N(C)CC)C3)nc3c2CCC(N2CCCc4ccc(F)cc42)C3)CC1CC#N. The van der Waals surface area contributed by atoms with Crippen LogP contribution in [0, 0.1) is 17.1 Å². The number of nitrogens with zero attached hydrogens (tertiary/aromatic N) is 8. The molecule has 4 aliphatic rings. The van der Waals surface area contributed by atoms with Gasteiger partial charge in [-0.25, -0.2) is 9.37 Å². The summed E-state index contributed by atoms with van der Waals surface area (Å²) >= 11 is 0. The summed E-state index contributed by atoms with van der Waals surface area (Å²) in [6.45, 7) is 11.3. The van der Waals surface area contributed by atoms with Crippen LogP contribution in [0.4, 0.5) is 21.8 Å². The van der Waals surface area contributed by atoms with Gasteiger partial charge in [-0.05, 0) is 63.0 Å². The van der Waals surface area contributed by atoms with Crippen LogP contribution in [0.15, 0.2) is 30.9 Å². The van der Waals surface area contributed by atoms with Gasteiger partial charge in [-0.1, -0.05) is 19.6 Å². The molecule has 0 bridgehead atoms. The number of hydrogen-bond donors (Lipinski definition) is 0. The normalized spacial score (nSPS) is 22.4. The fourth-order valence-corrected chi connectivity index (χ4v) is 7.08. The number of carbonyl (C=O) groups excluding carboxylic acids is 1. The van der Waals surface area contributed by atoms with Gasteiger partial charge in [0.2, 0.25) is 11.9 Å². The summed E-state index contributed by atoms with van der Waals surface area (Å²) in [6.07, 6.45) is 6.23. The molecule has 1 amide bonds. The second-order valence-corrected chi connectivity index (χ2v) is 12.1. The number of likely N-dealkylation sites (N-methyl/N-ethyl adjacent to an activating group) is 1. The highest BCUT2D eigenvalue weighted by molar-refractivity contribution is 5.87. The predicted octanol–water partition coefficient (Wildman–Crippen LogP) is 3.18. The highest BCUT2D eigenvalue weighted by Gasteiger charge is 2.37. The van der Waals surface area contributed by atoms with Gasteiger partial charge >= 0.3 is 0 Å². The lowest BCUT2D eigenvalue weighted by Crippen LogP contribution is -2.59. The summed E-state index contributed by atoms with van der Waals surface area (Å²) in [7, 11) is 2.16. The third kappa shape index (κ3) is 5.31. The molecule has 2 saturated heterocycles. The first kappa shape index (κ1) is 28.4. The van der Waals surface area contributed by atoms with E-state index in [0.717, 1.165) is 81.4 Å². The van der Waals surface area contributed by atoms with Crippen molar-refractivity contribution in [3.8, 4) is 6.07 Å². The molecule has 0 N–H and O–H groups in total. The highest BCUT2D eigenvalue weighted by atomic mass is 19.1. The molecule has 0 spiro atoms. The molecule has 2 atom stereocenters. The van der Waals surface area contributed by atoms with E-state index in [-0.39, 0.29) is 30.2 Å². The molecular formula is C32H41FN8O. The number of aryl methyl sites for hydroxylation is 1. The van der Waals surface area contributed by atoms with Crippen LogP contribution >= 0.6 is 0 Å². The number of rotatable bonds is 7. The number of hydrogen-bond acceptors (Lipinski definition) is 8. The zero-order valence-electron chi connectivity index (χ0n) is 24.8. The molecule has 3 aliphatic heterocycles. The Morgan fingerprint density at radius 1 is 1.19 bits per heavy atom. The van der Waals surface area contributed by atoms with Crippen molar-refractivity contribution in [2.75, 3.05) is 67.6 Å². The van der Waals surface area contributed by atoms with E-state index >= 15 is 0 Å². The maximum Gasteiger partial charge on any atom is 0.246 e. The van der Waals surface area contributed by atoms with Gasteiger partial charge in [0.15, 0.2) is 0 Å². The molecule has 9 nitrogen and oxygen atoms in total. The lowest BCUT2D eigenvalue weighted by molar-refractivity contribution is -0.128. The van der Waals surface area contributed by atoms with E-state index < -0.39 is 0 Å². The predicted molar refractivity (Wildman–Crippen MR) is 162 cm³/mol. The minimum atomic E-state index is -0.217. The van der Waals surface area contributed by atoms with Crippen LogP contribution in [0.1, 0.15) is 43.0 Å². The summed E-state index contributed by atoms with van der Waals surface area (Å²) in [6, 6.07) is 8.00. The number of piperazine rings is 1. The minimum Gasteiger partial charge on any atom is -0.368 e. The van der Waals surface area contributed by atoms with Gasteiger partial charge in [0.05, 0.1) is 24.2 Å². The van der Waals surface area contributed by atoms with E-state index in [1.807, 2.05) is 6.07 Å². The first-order valence-corrected chi connectivity index (χ1v) is 15.3. The van der Waals surface area contributed by atoms with Gasteiger partial charge in [-0.2, -0.15) is 10.2 Å². The van der Waals surface area contributed by atoms with E-state index in [1.165, 1.54) is 17.2 Å². The smallest absolute Gasteiger partial charge is 0.246 e. The third-order valence-corrected chi connectivity index (χ3v) is 9.69. The van der Waals surface area contributed by atoms with Crippen molar-refractivity contribution < 1.29 is 9.18 Å². The van der Waals surface area contributed by atoms with Crippen LogP contribution in [-0.2, 0) is 24.1 Å². The first-order valence-electron chi connectivity index (χ1n) is 15.3. The van der Waals surface area contributed by atoms with Gasteiger partial charge in [-0.3, -0.25) is 4.79 Å². The Balaban J connectivity index is 1.32. The van der Waals surface area contributed by atoms with Crippen LogP contribution in [-0.4, -0.2) is 96.7 Å². The highest BCUT2D eigenvalue weighted by Crippen LogP contribution is 2.37. The first-order chi connectivity index (χ1) is 20.4. The zero-order valence-corrected chi connectivity index (χ0v) is 24.8. The van der Waals surface area contributed by atoms with Gasteiger partial charge in [-0.15, -0.1) is 0 Å². The number of fused-ring (bicyclic) bond motifs is 2. The Labute approximate surface area is 248 Å². The number of amides is 1.